The second-order valence-electron chi connectivity index (χ2n) is 6.31. The molecule has 1 saturated carbocycles. The van der Waals surface area contributed by atoms with Crippen LogP contribution in [0.3, 0.4) is 0 Å². The number of hydrogen-bond acceptors (Lipinski definition) is 2. The maximum Gasteiger partial charge on any atom is 0.225 e. The summed E-state index contributed by atoms with van der Waals surface area (Å²) in [6, 6.07) is 11.3. The Morgan fingerprint density at radius 3 is 2.15 bits per heavy atom. The monoisotopic (exact) mass is 272 g/mol. The molecule has 1 amide bonds. The van der Waals surface area contributed by atoms with Crippen LogP contribution in [0.2, 0.25) is 0 Å². The standard InChI is InChI=1S/C17H24N2O/c1-13-11-18(17(20)15-7-6-8-15)12-14(2)19(13)16-9-4-3-5-10-16/h3-5,9-10,13-15H,6-8,11-12H2,1-2H3. The van der Waals surface area contributed by atoms with Gasteiger partial charge in [0, 0.05) is 36.8 Å². The van der Waals surface area contributed by atoms with Gasteiger partial charge in [-0.15, -0.1) is 0 Å². The minimum Gasteiger partial charge on any atom is -0.363 e. The second-order valence-corrected chi connectivity index (χ2v) is 6.31. The fourth-order valence-corrected chi connectivity index (χ4v) is 3.53. The molecule has 1 heterocycles. The van der Waals surface area contributed by atoms with E-state index in [1.54, 1.807) is 0 Å². The fraction of sp³-hybridized carbons (Fsp3) is 0.588. The van der Waals surface area contributed by atoms with Gasteiger partial charge in [-0.05, 0) is 38.8 Å². The van der Waals surface area contributed by atoms with E-state index in [9.17, 15) is 4.79 Å². The lowest BCUT2D eigenvalue weighted by molar-refractivity contribution is -0.139. The van der Waals surface area contributed by atoms with Crippen molar-refractivity contribution in [2.24, 2.45) is 5.92 Å². The SMILES string of the molecule is CC1CN(C(=O)C2CCC2)CC(C)N1c1ccccc1. The van der Waals surface area contributed by atoms with Crippen molar-refractivity contribution in [2.45, 2.75) is 45.2 Å². The van der Waals surface area contributed by atoms with Gasteiger partial charge >= 0.3 is 0 Å². The van der Waals surface area contributed by atoms with Gasteiger partial charge in [0.15, 0.2) is 0 Å². The second kappa shape index (κ2) is 5.47. The number of amides is 1. The first kappa shape index (κ1) is 13.5. The van der Waals surface area contributed by atoms with Crippen molar-refractivity contribution in [3.05, 3.63) is 30.3 Å². The molecule has 20 heavy (non-hydrogen) atoms. The van der Waals surface area contributed by atoms with Crippen molar-refractivity contribution < 1.29 is 4.79 Å². The van der Waals surface area contributed by atoms with E-state index >= 15 is 0 Å². The average molecular weight is 272 g/mol. The topological polar surface area (TPSA) is 23.6 Å². The van der Waals surface area contributed by atoms with Crippen molar-refractivity contribution in [1.82, 2.24) is 4.90 Å². The van der Waals surface area contributed by atoms with E-state index in [4.69, 9.17) is 0 Å². The average Bonchev–Trinajstić information content (AvgIpc) is 2.37. The molecule has 1 aliphatic carbocycles. The molecule has 0 bridgehead atoms. The zero-order valence-electron chi connectivity index (χ0n) is 12.5. The van der Waals surface area contributed by atoms with Gasteiger partial charge in [-0.3, -0.25) is 4.79 Å². The van der Waals surface area contributed by atoms with E-state index in [1.807, 2.05) is 0 Å². The van der Waals surface area contributed by atoms with Gasteiger partial charge in [-0.1, -0.05) is 24.6 Å². The van der Waals surface area contributed by atoms with Gasteiger partial charge in [0.1, 0.15) is 0 Å². The molecular formula is C17H24N2O. The highest BCUT2D eigenvalue weighted by atomic mass is 16.2. The number of anilines is 1. The van der Waals surface area contributed by atoms with Crippen molar-refractivity contribution in [3.8, 4) is 0 Å². The Labute approximate surface area is 121 Å². The molecular weight excluding hydrogens is 248 g/mol. The lowest BCUT2D eigenvalue weighted by atomic mass is 9.84. The van der Waals surface area contributed by atoms with E-state index in [2.05, 4.69) is 54.0 Å². The summed E-state index contributed by atoms with van der Waals surface area (Å²) in [4.78, 5) is 17.0. The van der Waals surface area contributed by atoms with E-state index in [-0.39, 0.29) is 0 Å². The third-order valence-corrected chi connectivity index (χ3v) is 4.74. The van der Waals surface area contributed by atoms with E-state index in [0.29, 0.717) is 23.9 Å². The van der Waals surface area contributed by atoms with Crippen LogP contribution < -0.4 is 4.90 Å². The van der Waals surface area contributed by atoms with Crippen LogP contribution in [0.15, 0.2) is 30.3 Å². The maximum absolute atomic E-state index is 12.4. The number of carbonyl (C=O) groups is 1. The first-order valence-electron chi connectivity index (χ1n) is 7.79. The van der Waals surface area contributed by atoms with Gasteiger partial charge in [-0.2, -0.15) is 0 Å². The van der Waals surface area contributed by atoms with Crippen LogP contribution in [0.4, 0.5) is 5.69 Å². The van der Waals surface area contributed by atoms with Crippen molar-refractivity contribution in [1.29, 1.82) is 0 Å². The molecule has 0 spiro atoms. The molecule has 3 heteroatoms. The third-order valence-electron chi connectivity index (χ3n) is 4.74. The Bertz CT molecular complexity index is 457. The summed E-state index contributed by atoms with van der Waals surface area (Å²) in [5, 5.41) is 0. The molecule has 2 unspecified atom stereocenters. The lowest BCUT2D eigenvalue weighted by Crippen LogP contribution is -2.59. The highest BCUT2D eigenvalue weighted by Crippen LogP contribution is 2.31. The van der Waals surface area contributed by atoms with Gasteiger partial charge < -0.3 is 9.80 Å². The molecule has 3 rings (SSSR count). The van der Waals surface area contributed by atoms with Crippen LogP contribution in [-0.4, -0.2) is 36.0 Å². The zero-order chi connectivity index (χ0) is 14.1. The molecule has 1 aromatic carbocycles. The lowest BCUT2D eigenvalue weighted by Gasteiger charge is -2.47. The van der Waals surface area contributed by atoms with Gasteiger partial charge in [0.2, 0.25) is 5.91 Å². The Kier molecular flexibility index (Phi) is 3.68. The van der Waals surface area contributed by atoms with Gasteiger partial charge in [-0.25, -0.2) is 0 Å². The molecule has 1 aliphatic heterocycles. The normalized spacial score (nSPS) is 27.3. The molecule has 2 aliphatic rings. The largest absolute Gasteiger partial charge is 0.363 e. The van der Waals surface area contributed by atoms with Crippen molar-refractivity contribution in [3.63, 3.8) is 0 Å². The Hall–Kier alpha value is -1.51. The quantitative estimate of drug-likeness (QED) is 0.826. The fourth-order valence-electron chi connectivity index (χ4n) is 3.53. The Balaban J connectivity index is 1.71. The summed E-state index contributed by atoms with van der Waals surface area (Å²) < 4.78 is 0. The predicted molar refractivity (Wildman–Crippen MR) is 81.8 cm³/mol. The number of benzene rings is 1. The van der Waals surface area contributed by atoms with Gasteiger partial charge in [0.05, 0.1) is 0 Å². The van der Waals surface area contributed by atoms with Crippen LogP contribution in [0, 0.1) is 5.92 Å². The molecule has 1 saturated heterocycles. The van der Waals surface area contributed by atoms with E-state index < -0.39 is 0 Å². The number of rotatable bonds is 2. The summed E-state index contributed by atoms with van der Waals surface area (Å²) in [7, 11) is 0. The van der Waals surface area contributed by atoms with Crippen LogP contribution in [0.25, 0.3) is 0 Å². The van der Waals surface area contributed by atoms with Crippen LogP contribution in [0.1, 0.15) is 33.1 Å². The first-order valence-corrected chi connectivity index (χ1v) is 7.79. The molecule has 0 aromatic heterocycles. The highest BCUT2D eigenvalue weighted by Gasteiger charge is 2.36. The molecule has 3 nitrogen and oxygen atoms in total. The molecule has 1 aromatic rings. The predicted octanol–water partition coefficient (Wildman–Crippen LogP) is 2.91. The van der Waals surface area contributed by atoms with Gasteiger partial charge in [0.25, 0.3) is 0 Å². The number of hydrogen-bond donors (Lipinski definition) is 0. The van der Waals surface area contributed by atoms with Crippen LogP contribution in [0.5, 0.6) is 0 Å². The number of nitrogens with zero attached hydrogens (tertiary/aromatic N) is 2. The zero-order valence-corrected chi connectivity index (χ0v) is 12.5. The summed E-state index contributed by atoms with van der Waals surface area (Å²) in [5.41, 5.74) is 1.27. The highest BCUT2D eigenvalue weighted by molar-refractivity contribution is 5.80. The first-order chi connectivity index (χ1) is 9.66. The smallest absolute Gasteiger partial charge is 0.225 e. The summed E-state index contributed by atoms with van der Waals surface area (Å²) in [6.45, 7) is 6.16. The molecule has 0 radical (unpaired) electrons. The van der Waals surface area contributed by atoms with E-state index in [0.717, 1.165) is 25.9 Å². The molecule has 2 atom stereocenters. The molecule has 2 fully saturated rings. The summed E-state index contributed by atoms with van der Waals surface area (Å²) in [6.07, 6.45) is 3.42. The number of carbonyl (C=O) groups excluding carboxylic acids is 1. The van der Waals surface area contributed by atoms with Crippen molar-refractivity contribution in [2.75, 3.05) is 18.0 Å². The number of para-hydroxylation sites is 1. The Morgan fingerprint density at radius 1 is 1.05 bits per heavy atom. The molecule has 108 valence electrons. The van der Waals surface area contributed by atoms with E-state index in [1.165, 1.54) is 12.1 Å². The van der Waals surface area contributed by atoms with Crippen molar-refractivity contribution >= 4 is 11.6 Å². The third kappa shape index (κ3) is 2.41. The minimum atomic E-state index is 0.317. The van der Waals surface area contributed by atoms with Crippen LogP contribution in [-0.2, 0) is 4.79 Å². The molecule has 0 N–H and O–H groups in total. The minimum absolute atomic E-state index is 0.317. The maximum atomic E-state index is 12.4. The summed E-state index contributed by atoms with van der Waals surface area (Å²) in [5.74, 6) is 0.709. The Morgan fingerprint density at radius 2 is 1.65 bits per heavy atom. The number of piperazine rings is 1. The van der Waals surface area contributed by atoms with Crippen LogP contribution >= 0.6 is 0 Å². The summed E-state index contributed by atoms with van der Waals surface area (Å²) >= 11 is 0.